The lowest BCUT2D eigenvalue weighted by Gasteiger charge is -2.18. The maximum absolute atomic E-state index is 12.5. The molecule has 0 bridgehead atoms. The largest absolute Gasteiger partial charge is 0.495 e. The van der Waals surface area contributed by atoms with Gasteiger partial charge in [-0.1, -0.05) is 30.3 Å². The molecule has 0 radical (unpaired) electrons. The second kappa shape index (κ2) is 10.1. The van der Waals surface area contributed by atoms with Crippen LogP contribution in [0.3, 0.4) is 0 Å². The molecule has 0 saturated heterocycles. The third-order valence-electron chi connectivity index (χ3n) is 4.66. The second-order valence-corrected chi connectivity index (χ2v) is 6.79. The molecule has 0 aliphatic rings. The molecular formula is C24H25N3O3. The van der Waals surface area contributed by atoms with Crippen LogP contribution in [0.1, 0.15) is 16.8 Å². The Balaban J connectivity index is 1.52. The number of hydrogen-bond donors (Lipinski definition) is 2. The van der Waals surface area contributed by atoms with Gasteiger partial charge in [-0.2, -0.15) is 0 Å². The van der Waals surface area contributed by atoms with Gasteiger partial charge in [-0.15, -0.1) is 0 Å². The molecular weight excluding hydrogens is 378 g/mol. The van der Waals surface area contributed by atoms with E-state index in [2.05, 4.69) is 10.6 Å². The quantitative estimate of drug-likeness (QED) is 0.584. The summed E-state index contributed by atoms with van der Waals surface area (Å²) in [5.41, 5.74) is 2.81. The van der Waals surface area contributed by atoms with Crippen molar-refractivity contribution in [2.45, 2.75) is 6.42 Å². The highest BCUT2D eigenvalue weighted by Gasteiger charge is 2.10. The van der Waals surface area contributed by atoms with Crippen LogP contribution in [0, 0.1) is 0 Å². The number of rotatable bonds is 8. The minimum atomic E-state index is -0.248. The molecule has 0 spiro atoms. The number of nitrogens with zero attached hydrogens (tertiary/aromatic N) is 1. The van der Waals surface area contributed by atoms with E-state index in [1.54, 1.807) is 43.5 Å². The van der Waals surface area contributed by atoms with Gasteiger partial charge in [0.1, 0.15) is 5.75 Å². The van der Waals surface area contributed by atoms with Gasteiger partial charge in [-0.3, -0.25) is 9.59 Å². The smallest absolute Gasteiger partial charge is 0.255 e. The minimum absolute atomic E-state index is 0.0796. The van der Waals surface area contributed by atoms with Crippen molar-refractivity contribution in [3.05, 3.63) is 84.4 Å². The number of carbonyl (C=O) groups is 2. The van der Waals surface area contributed by atoms with Crippen molar-refractivity contribution in [3.8, 4) is 5.75 Å². The first-order chi connectivity index (χ1) is 14.6. The number of ether oxygens (including phenoxy) is 1. The van der Waals surface area contributed by atoms with Gasteiger partial charge in [0.2, 0.25) is 5.91 Å². The SMILES string of the molecule is COc1ccccc1NC(=O)c1ccc(NC(=O)CCN(C)c2ccccc2)cc1. The zero-order valence-electron chi connectivity index (χ0n) is 17.1. The van der Waals surface area contributed by atoms with E-state index in [0.717, 1.165) is 5.69 Å². The predicted molar refractivity (Wildman–Crippen MR) is 120 cm³/mol. The molecule has 6 nitrogen and oxygen atoms in total. The number of para-hydroxylation sites is 3. The molecule has 0 saturated carbocycles. The Morgan fingerprint density at radius 2 is 1.53 bits per heavy atom. The Hall–Kier alpha value is -3.80. The van der Waals surface area contributed by atoms with Crippen LogP contribution in [0.2, 0.25) is 0 Å². The van der Waals surface area contributed by atoms with Gasteiger partial charge >= 0.3 is 0 Å². The Labute approximate surface area is 176 Å². The van der Waals surface area contributed by atoms with Gasteiger partial charge < -0.3 is 20.3 Å². The molecule has 0 unspecified atom stereocenters. The zero-order valence-corrected chi connectivity index (χ0v) is 17.1. The van der Waals surface area contributed by atoms with E-state index in [1.165, 1.54) is 0 Å². The first kappa shape index (κ1) is 20.9. The number of carbonyl (C=O) groups excluding carboxylic acids is 2. The van der Waals surface area contributed by atoms with Crippen molar-refractivity contribution in [1.82, 2.24) is 0 Å². The first-order valence-corrected chi connectivity index (χ1v) is 9.67. The summed E-state index contributed by atoms with van der Waals surface area (Å²) in [5.74, 6) is 0.265. The maximum Gasteiger partial charge on any atom is 0.255 e. The molecule has 0 fully saturated rings. The van der Waals surface area contributed by atoms with Crippen molar-refractivity contribution in [2.75, 3.05) is 36.2 Å². The van der Waals surface area contributed by atoms with E-state index >= 15 is 0 Å². The average Bonchev–Trinajstić information content (AvgIpc) is 2.79. The van der Waals surface area contributed by atoms with E-state index in [9.17, 15) is 9.59 Å². The highest BCUT2D eigenvalue weighted by Crippen LogP contribution is 2.24. The van der Waals surface area contributed by atoms with Crippen LogP contribution in [-0.4, -0.2) is 32.5 Å². The Bertz CT molecular complexity index is 988. The predicted octanol–water partition coefficient (Wildman–Crippen LogP) is 4.41. The lowest BCUT2D eigenvalue weighted by Crippen LogP contribution is -2.23. The first-order valence-electron chi connectivity index (χ1n) is 9.67. The molecule has 2 N–H and O–H groups in total. The lowest BCUT2D eigenvalue weighted by atomic mass is 10.2. The van der Waals surface area contributed by atoms with Crippen LogP contribution in [-0.2, 0) is 4.79 Å². The summed E-state index contributed by atoms with van der Waals surface area (Å²) < 4.78 is 5.25. The highest BCUT2D eigenvalue weighted by atomic mass is 16.5. The van der Waals surface area contributed by atoms with Crippen molar-refractivity contribution >= 4 is 28.9 Å². The summed E-state index contributed by atoms with van der Waals surface area (Å²) in [6, 6.07) is 23.9. The summed E-state index contributed by atoms with van der Waals surface area (Å²) in [4.78, 5) is 26.7. The Kier molecular flexibility index (Phi) is 7.05. The lowest BCUT2D eigenvalue weighted by molar-refractivity contribution is -0.116. The van der Waals surface area contributed by atoms with Crippen LogP contribution >= 0.6 is 0 Å². The van der Waals surface area contributed by atoms with E-state index in [-0.39, 0.29) is 11.8 Å². The number of nitrogens with one attached hydrogen (secondary N) is 2. The standard InChI is InChI=1S/C24H25N3O3/c1-27(20-8-4-3-5-9-20)17-16-23(28)25-19-14-12-18(13-15-19)24(29)26-21-10-6-7-11-22(21)30-2/h3-15H,16-17H2,1-2H3,(H,25,28)(H,26,29). The topological polar surface area (TPSA) is 70.7 Å². The maximum atomic E-state index is 12.5. The van der Waals surface area contributed by atoms with Crippen LogP contribution in [0.15, 0.2) is 78.9 Å². The van der Waals surface area contributed by atoms with E-state index in [0.29, 0.717) is 35.7 Å². The molecule has 0 aromatic heterocycles. The molecule has 0 atom stereocenters. The van der Waals surface area contributed by atoms with Gasteiger partial charge in [-0.05, 0) is 48.5 Å². The van der Waals surface area contributed by atoms with Gasteiger partial charge in [0.15, 0.2) is 0 Å². The highest BCUT2D eigenvalue weighted by molar-refractivity contribution is 6.05. The fraction of sp³-hybridized carbons (Fsp3) is 0.167. The summed E-state index contributed by atoms with van der Waals surface area (Å²) in [6.07, 6.45) is 0.363. The molecule has 0 aliphatic carbocycles. The van der Waals surface area contributed by atoms with Crippen molar-refractivity contribution in [2.24, 2.45) is 0 Å². The number of amides is 2. The molecule has 6 heteroatoms. The fourth-order valence-electron chi connectivity index (χ4n) is 2.95. The summed E-state index contributed by atoms with van der Waals surface area (Å²) in [7, 11) is 3.51. The Morgan fingerprint density at radius 3 is 2.23 bits per heavy atom. The van der Waals surface area contributed by atoms with Crippen LogP contribution in [0.25, 0.3) is 0 Å². The van der Waals surface area contributed by atoms with Crippen LogP contribution < -0.4 is 20.3 Å². The number of methoxy groups -OCH3 is 1. The van der Waals surface area contributed by atoms with Gasteiger partial charge in [-0.25, -0.2) is 0 Å². The van der Waals surface area contributed by atoms with E-state index < -0.39 is 0 Å². The molecule has 3 rings (SSSR count). The molecule has 0 aliphatic heterocycles. The van der Waals surface area contributed by atoms with Crippen molar-refractivity contribution in [1.29, 1.82) is 0 Å². The monoisotopic (exact) mass is 403 g/mol. The number of anilines is 3. The van der Waals surface area contributed by atoms with Crippen molar-refractivity contribution < 1.29 is 14.3 Å². The molecule has 2 amide bonds. The average molecular weight is 403 g/mol. The summed E-state index contributed by atoms with van der Waals surface area (Å²) in [6.45, 7) is 0.606. The molecule has 30 heavy (non-hydrogen) atoms. The van der Waals surface area contributed by atoms with Crippen molar-refractivity contribution in [3.63, 3.8) is 0 Å². The van der Waals surface area contributed by atoms with Gasteiger partial charge in [0, 0.05) is 37.0 Å². The molecule has 154 valence electrons. The van der Waals surface area contributed by atoms with Gasteiger partial charge in [0.05, 0.1) is 12.8 Å². The van der Waals surface area contributed by atoms with E-state index in [4.69, 9.17) is 4.74 Å². The molecule has 3 aromatic carbocycles. The van der Waals surface area contributed by atoms with Gasteiger partial charge in [0.25, 0.3) is 5.91 Å². The summed E-state index contributed by atoms with van der Waals surface area (Å²) in [5, 5.41) is 5.70. The van der Waals surface area contributed by atoms with E-state index in [1.807, 2.05) is 54.4 Å². The molecule has 3 aromatic rings. The molecule has 0 heterocycles. The fourth-order valence-corrected chi connectivity index (χ4v) is 2.95. The normalized spacial score (nSPS) is 10.2. The van der Waals surface area contributed by atoms with Crippen LogP contribution in [0.5, 0.6) is 5.75 Å². The summed E-state index contributed by atoms with van der Waals surface area (Å²) >= 11 is 0. The third-order valence-corrected chi connectivity index (χ3v) is 4.66. The minimum Gasteiger partial charge on any atom is -0.495 e. The number of benzene rings is 3. The zero-order chi connectivity index (χ0) is 21.3. The number of hydrogen-bond acceptors (Lipinski definition) is 4. The van der Waals surface area contributed by atoms with Crippen LogP contribution in [0.4, 0.5) is 17.1 Å². The Morgan fingerprint density at radius 1 is 0.867 bits per heavy atom. The second-order valence-electron chi connectivity index (χ2n) is 6.79. The third kappa shape index (κ3) is 5.61.